The molecule has 0 radical (unpaired) electrons. The number of fused-ring (bicyclic) bond motifs is 1. The van der Waals surface area contributed by atoms with Crippen molar-refractivity contribution in [2.24, 2.45) is 5.14 Å². The Kier molecular flexibility index (Phi) is 4.98. The number of sulfonamides is 2. The fourth-order valence-corrected chi connectivity index (χ4v) is 5.05. The summed E-state index contributed by atoms with van der Waals surface area (Å²) >= 11 is 0. The summed E-state index contributed by atoms with van der Waals surface area (Å²) in [6, 6.07) is 10.2. The first kappa shape index (κ1) is 19.3. The predicted molar refractivity (Wildman–Crippen MR) is 98.4 cm³/mol. The number of rotatable bonds is 6. The zero-order valence-corrected chi connectivity index (χ0v) is 15.8. The molecule has 3 rings (SSSR count). The van der Waals surface area contributed by atoms with E-state index in [1.54, 1.807) is 12.1 Å². The van der Waals surface area contributed by atoms with Crippen LogP contribution in [0.5, 0.6) is 0 Å². The number of aryl methyl sites for hydroxylation is 1. The van der Waals surface area contributed by atoms with Crippen molar-refractivity contribution in [3.05, 3.63) is 53.6 Å². The highest BCUT2D eigenvalue weighted by Gasteiger charge is 2.31. The van der Waals surface area contributed by atoms with E-state index in [-0.39, 0.29) is 22.8 Å². The van der Waals surface area contributed by atoms with Crippen LogP contribution in [0.1, 0.15) is 17.5 Å². The van der Waals surface area contributed by atoms with Crippen molar-refractivity contribution in [3.8, 4) is 0 Å². The van der Waals surface area contributed by atoms with Crippen molar-refractivity contribution in [1.29, 1.82) is 0 Å². The molecule has 0 saturated carbocycles. The number of carboxylic acid groups (broad SMARTS) is 1. The number of benzene rings is 2. The van der Waals surface area contributed by atoms with Crippen LogP contribution in [0.3, 0.4) is 0 Å². The van der Waals surface area contributed by atoms with Crippen molar-refractivity contribution < 1.29 is 26.7 Å². The van der Waals surface area contributed by atoms with E-state index in [0.717, 1.165) is 5.56 Å². The standard InChI is InChI=1S/C17H18N2O6S2/c18-26(22,23)15-6-7-16-13(11-15)9-10-19(16)27(24,25)14-4-1-12(2-5-14)3-8-17(20)21/h1-2,4-7,11H,3,8-10H2,(H,20,21)(H2,18,22,23). The molecule has 3 N–H and O–H groups in total. The first-order chi connectivity index (χ1) is 12.6. The summed E-state index contributed by atoms with van der Waals surface area (Å²) in [7, 11) is -7.67. The average molecular weight is 410 g/mol. The van der Waals surface area contributed by atoms with Gasteiger partial charge in [0.15, 0.2) is 0 Å². The molecule has 0 atom stereocenters. The van der Waals surface area contributed by atoms with E-state index in [1.807, 2.05) is 0 Å². The van der Waals surface area contributed by atoms with Gasteiger partial charge in [-0.25, -0.2) is 22.0 Å². The minimum absolute atomic E-state index is 0.0298. The van der Waals surface area contributed by atoms with Crippen molar-refractivity contribution >= 4 is 31.7 Å². The van der Waals surface area contributed by atoms with Gasteiger partial charge >= 0.3 is 5.97 Å². The van der Waals surface area contributed by atoms with Gasteiger partial charge in [0, 0.05) is 13.0 Å². The fraction of sp³-hybridized carbons (Fsp3) is 0.235. The lowest BCUT2D eigenvalue weighted by Gasteiger charge is -2.20. The average Bonchev–Trinajstić information content (AvgIpc) is 3.03. The Morgan fingerprint density at radius 3 is 2.26 bits per heavy atom. The first-order valence-corrected chi connectivity index (χ1v) is 11.1. The van der Waals surface area contributed by atoms with Crippen LogP contribution in [0.4, 0.5) is 5.69 Å². The minimum Gasteiger partial charge on any atom is -0.481 e. The third kappa shape index (κ3) is 3.97. The van der Waals surface area contributed by atoms with Crippen LogP contribution in [0.25, 0.3) is 0 Å². The van der Waals surface area contributed by atoms with Gasteiger partial charge < -0.3 is 5.11 Å². The number of carboxylic acids is 1. The summed E-state index contributed by atoms with van der Waals surface area (Å²) in [6.45, 7) is 0.201. The van der Waals surface area contributed by atoms with E-state index in [1.165, 1.54) is 34.6 Å². The molecular weight excluding hydrogens is 392 g/mol. The van der Waals surface area contributed by atoms with E-state index in [9.17, 15) is 21.6 Å². The smallest absolute Gasteiger partial charge is 0.303 e. The number of hydrogen-bond donors (Lipinski definition) is 2. The van der Waals surface area contributed by atoms with Crippen LogP contribution in [0.2, 0.25) is 0 Å². The normalized spacial score (nSPS) is 14.2. The third-order valence-electron chi connectivity index (χ3n) is 4.37. The molecule has 0 aromatic heterocycles. The zero-order chi connectivity index (χ0) is 19.8. The van der Waals surface area contributed by atoms with Crippen LogP contribution >= 0.6 is 0 Å². The molecule has 1 heterocycles. The molecule has 144 valence electrons. The number of nitrogens with two attached hydrogens (primary N) is 1. The Labute approximate surface area is 157 Å². The van der Waals surface area contributed by atoms with Gasteiger partial charge in [-0.3, -0.25) is 9.10 Å². The van der Waals surface area contributed by atoms with Gasteiger partial charge in [-0.1, -0.05) is 12.1 Å². The van der Waals surface area contributed by atoms with Crippen LogP contribution in [-0.2, 0) is 37.7 Å². The number of aliphatic carboxylic acids is 1. The summed E-state index contributed by atoms with van der Waals surface area (Å²) in [5.41, 5.74) is 1.76. The zero-order valence-electron chi connectivity index (χ0n) is 14.2. The molecule has 1 aliphatic heterocycles. The predicted octanol–water partition coefficient (Wildman–Crippen LogP) is 1.10. The Morgan fingerprint density at radius 1 is 1.04 bits per heavy atom. The third-order valence-corrected chi connectivity index (χ3v) is 7.11. The number of hydrogen-bond acceptors (Lipinski definition) is 5. The van der Waals surface area contributed by atoms with Gasteiger partial charge in [-0.05, 0) is 54.3 Å². The van der Waals surface area contributed by atoms with Crippen LogP contribution in [0.15, 0.2) is 52.3 Å². The van der Waals surface area contributed by atoms with Gasteiger partial charge in [0.05, 0.1) is 15.5 Å². The Morgan fingerprint density at radius 2 is 1.67 bits per heavy atom. The van der Waals surface area contributed by atoms with Crippen molar-refractivity contribution in [1.82, 2.24) is 0 Å². The lowest BCUT2D eigenvalue weighted by atomic mass is 10.1. The van der Waals surface area contributed by atoms with Gasteiger partial charge in [0.1, 0.15) is 0 Å². The molecule has 2 aromatic carbocycles. The van der Waals surface area contributed by atoms with Crippen molar-refractivity contribution in [2.45, 2.75) is 29.1 Å². The van der Waals surface area contributed by atoms with E-state index in [4.69, 9.17) is 10.2 Å². The van der Waals surface area contributed by atoms with E-state index in [0.29, 0.717) is 24.1 Å². The first-order valence-electron chi connectivity index (χ1n) is 8.08. The summed E-state index contributed by atoms with van der Waals surface area (Å²) in [6.07, 6.45) is 0.672. The minimum atomic E-state index is -3.86. The maximum Gasteiger partial charge on any atom is 0.303 e. The second-order valence-corrected chi connectivity index (χ2v) is 9.62. The lowest BCUT2D eigenvalue weighted by molar-refractivity contribution is -0.136. The number of carbonyl (C=O) groups is 1. The van der Waals surface area contributed by atoms with Crippen LogP contribution < -0.4 is 9.44 Å². The monoisotopic (exact) mass is 410 g/mol. The van der Waals surface area contributed by atoms with Gasteiger partial charge in [-0.15, -0.1) is 0 Å². The Balaban J connectivity index is 1.88. The molecule has 2 aromatic rings. The van der Waals surface area contributed by atoms with E-state index >= 15 is 0 Å². The molecule has 27 heavy (non-hydrogen) atoms. The SMILES string of the molecule is NS(=O)(=O)c1ccc2c(c1)CCN2S(=O)(=O)c1ccc(CCC(=O)O)cc1. The second kappa shape index (κ2) is 6.95. The highest BCUT2D eigenvalue weighted by Crippen LogP contribution is 2.34. The molecule has 0 saturated heterocycles. The van der Waals surface area contributed by atoms with Crippen LogP contribution in [0, 0.1) is 0 Å². The number of nitrogens with zero attached hydrogens (tertiary/aromatic N) is 1. The summed E-state index contributed by atoms with van der Waals surface area (Å²) in [5, 5.41) is 13.8. The number of anilines is 1. The Hall–Kier alpha value is -2.43. The molecule has 0 spiro atoms. The van der Waals surface area contributed by atoms with Gasteiger partial charge in [-0.2, -0.15) is 0 Å². The van der Waals surface area contributed by atoms with Crippen molar-refractivity contribution in [3.63, 3.8) is 0 Å². The molecule has 8 nitrogen and oxygen atoms in total. The fourth-order valence-electron chi connectivity index (χ4n) is 2.98. The molecule has 0 amide bonds. The molecular formula is C17H18N2O6S2. The van der Waals surface area contributed by atoms with E-state index < -0.39 is 26.0 Å². The Bertz CT molecular complexity index is 1090. The molecule has 0 aliphatic carbocycles. The van der Waals surface area contributed by atoms with Gasteiger partial charge in [0.25, 0.3) is 10.0 Å². The number of primary sulfonamides is 1. The lowest BCUT2D eigenvalue weighted by Crippen LogP contribution is -2.29. The quantitative estimate of drug-likeness (QED) is 0.732. The topological polar surface area (TPSA) is 135 Å². The molecule has 0 fully saturated rings. The maximum absolute atomic E-state index is 12.9. The van der Waals surface area contributed by atoms with Gasteiger partial charge in [0.2, 0.25) is 10.0 Å². The van der Waals surface area contributed by atoms with E-state index in [2.05, 4.69) is 0 Å². The maximum atomic E-state index is 12.9. The largest absolute Gasteiger partial charge is 0.481 e. The highest BCUT2D eigenvalue weighted by molar-refractivity contribution is 7.92. The summed E-state index contributed by atoms with van der Waals surface area (Å²) < 4.78 is 50.1. The van der Waals surface area contributed by atoms with Crippen LogP contribution in [-0.4, -0.2) is 34.5 Å². The molecule has 1 aliphatic rings. The summed E-state index contributed by atoms with van der Waals surface area (Å²) in [5.74, 6) is -0.917. The molecule has 0 bridgehead atoms. The molecule has 10 heteroatoms. The van der Waals surface area contributed by atoms with Crippen molar-refractivity contribution in [2.75, 3.05) is 10.8 Å². The highest BCUT2D eigenvalue weighted by atomic mass is 32.2. The summed E-state index contributed by atoms with van der Waals surface area (Å²) in [4.78, 5) is 10.7. The second-order valence-electron chi connectivity index (χ2n) is 6.20. The molecule has 0 unspecified atom stereocenters.